The summed E-state index contributed by atoms with van der Waals surface area (Å²) in [4.78, 5) is 4.99. The lowest BCUT2D eigenvalue weighted by Gasteiger charge is -2.18. The summed E-state index contributed by atoms with van der Waals surface area (Å²) >= 11 is 0. The van der Waals surface area contributed by atoms with Crippen LogP contribution in [0.15, 0.2) is 188 Å². The maximum absolute atomic E-state index is 4.99. The van der Waals surface area contributed by atoms with Crippen molar-refractivity contribution in [2.24, 2.45) is 0 Å². The van der Waals surface area contributed by atoms with Crippen molar-refractivity contribution < 1.29 is 0 Å². The van der Waals surface area contributed by atoms with Crippen LogP contribution in [0.2, 0.25) is 0 Å². The molecule has 1 heteroatoms. The average Bonchev–Trinajstić information content (AvgIpc) is 3.17. The summed E-state index contributed by atoms with van der Waals surface area (Å²) in [5.74, 6) is 0. The van der Waals surface area contributed by atoms with Crippen LogP contribution in [0.1, 0.15) is 0 Å². The molecule has 0 amide bonds. The van der Waals surface area contributed by atoms with Gasteiger partial charge in [-0.1, -0.05) is 170 Å². The van der Waals surface area contributed by atoms with Crippen molar-refractivity contribution in [1.29, 1.82) is 0 Å². The van der Waals surface area contributed by atoms with Gasteiger partial charge in [-0.15, -0.1) is 0 Å². The van der Waals surface area contributed by atoms with Gasteiger partial charge in [0.2, 0.25) is 0 Å². The van der Waals surface area contributed by atoms with E-state index in [2.05, 4.69) is 182 Å². The smallest absolute Gasteiger partial charge is 0.0702 e. The van der Waals surface area contributed by atoms with Gasteiger partial charge in [0.1, 0.15) is 0 Å². The molecule has 1 heterocycles. The molecule has 0 atom stereocenters. The molecule has 224 valence electrons. The summed E-state index contributed by atoms with van der Waals surface area (Å²) in [5.41, 5.74) is 11.8. The quantitative estimate of drug-likeness (QED) is 0.177. The molecule has 0 fully saturated rings. The highest BCUT2D eigenvalue weighted by molar-refractivity contribution is 6.21. The molecule has 0 bridgehead atoms. The third-order valence-electron chi connectivity index (χ3n) is 9.53. The highest BCUT2D eigenvalue weighted by atomic mass is 14.7. The van der Waals surface area contributed by atoms with Crippen LogP contribution in [0.5, 0.6) is 0 Å². The van der Waals surface area contributed by atoms with Crippen molar-refractivity contribution in [2.45, 2.75) is 0 Å². The number of rotatable bonds is 5. The number of pyridine rings is 1. The van der Waals surface area contributed by atoms with Crippen LogP contribution in [0.25, 0.3) is 88.1 Å². The fraction of sp³-hybridized carbons (Fsp3) is 0. The molecule has 0 saturated carbocycles. The topological polar surface area (TPSA) is 12.9 Å². The second-order valence-electron chi connectivity index (χ2n) is 12.4. The number of nitrogens with zero attached hydrogens (tertiary/aromatic N) is 1. The Balaban J connectivity index is 1.12. The molecule has 1 aromatic heterocycles. The minimum Gasteiger partial charge on any atom is -0.256 e. The number of hydrogen-bond acceptors (Lipinski definition) is 1. The zero-order valence-corrected chi connectivity index (χ0v) is 26.3. The Morgan fingerprint density at radius 1 is 0.271 bits per heavy atom. The average molecular weight is 610 g/mol. The summed E-state index contributed by atoms with van der Waals surface area (Å²) in [6.07, 6.45) is 2.04. The summed E-state index contributed by atoms with van der Waals surface area (Å²) in [6.45, 7) is 0. The Morgan fingerprint density at radius 2 is 0.688 bits per heavy atom. The predicted molar refractivity (Wildman–Crippen MR) is 204 cm³/mol. The Kier molecular flexibility index (Phi) is 6.87. The van der Waals surface area contributed by atoms with Gasteiger partial charge in [-0.05, 0) is 83.4 Å². The molecule has 9 aromatic rings. The van der Waals surface area contributed by atoms with Crippen LogP contribution in [-0.2, 0) is 0 Å². The maximum atomic E-state index is 4.99. The predicted octanol–water partition coefficient (Wildman–Crippen LogP) is 12.9. The minimum absolute atomic E-state index is 0.976. The van der Waals surface area contributed by atoms with E-state index >= 15 is 0 Å². The van der Waals surface area contributed by atoms with Crippen molar-refractivity contribution >= 4 is 32.3 Å². The molecular formula is C47H31N. The zero-order valence-electron chi connectivity index (χ0n) is 26.3. The van der Waals surface area contributed by atoms with E-state index in [0.29, 0.717) is 0 Å². The van der Waals surface area contributed by atoms with Crippen LogP contribution in [-0.4, -0.2) is 4.98 Å². The van der Waals surface area contributed by atoms with Gasteiger partial charge in [0.15, 0.2) is 0 Å². The van der Waals surface area contributed by atoms with Gasteiger partial charge in [-0.25, -0.2) is 0 Å². The standard InChI is InChI=1S/C47H31N/c1-2-10-32(11-3-1)34-18-20-35(21-19-34)36-22-25-37(26-23-36)46-41-14-6-8-16-43(41)47(44-17-9-7-15-42(44)46)40-28-29-45(48-31-40)39-27-24-33-12-4-5-13-38(33)30-39/h1-31H. The number of benzene rings is 8. The Bertz CT molecular complexity index is 2510. The van der Waals surface area contributed by atoms with Crippen molar-refractivity contribution in [3.05, 3.63) is 188 Å². The third-order valence-corrected chi connectivity index (χ3v) is 9.53. The Hall–Kier alpha value is -6.31. The molecule has 1 nitrogen and oxygen atoms in total. The molecule has 0 saturated heterocycles. The van der Waals surface area contributed by atoms with E-state index in [0.717, 1.165) is 16.8 Å². The maximum Gasteiger partial charge on any atom is 0.0702 e. The van der Waals surface area contributed by atoms with E-state index in [9.17, 15) is 0 Å². The molecule has 0 radical (unpaired) electrons. The van der Waals surface area contributed by atoms with Crippen molar-refractivity contribution in [1.82, 2.24) is 4.98 Å². The van der Waals surface area contributed by atoms with Gasteiger partial charge in [0.25, 0.3) is 0 Å². The Labute approximate surface area is 280 Å². The first-order chi connectivity index (χ1) is 23.8. The zero-order chi connectivity index (χ0) is 31.9. The molecule has 0 N–H and O–H groups in total. The van der Waals surface area contributed by atoms with Crippen LogP contribution >= 0.6 is 0 Å². The van der Waals surface area contributed by atoms with E-state index in [1.807, 2.05) is 6.20 Å². The van der Waals surface area contributed by atoms with Crippen LogP contribution < -0.4 is 0 Å². The lowest BCUT2D eigenvalue weighted by atomic mass is 9.86. The third kappa shape index (κ3) is 4.94. The monoisotopic (exact) mass is 609 g/mol. The lowest BCUT2D eigenvalue weighted by Crippen LogP contribution is -1.92. The summed E-state index contributed by atoms with van der Waals surface area (Å²) < 4.78 is 0. The highest BCUT2D eigenvalue weighted by Gasteiger charge is 2.17. The SMILES string of the molecule is c1ccc(-c2ccc(-c3ccc(-c4c5ccccc5c(-c5ccc(-c6ccc7ccccc7c6)nc5)c5ccccc45)cc3)cc2)cc1. The number of fused-ring (bicyclic) bond motifs is 3. The first-order valence-electron chi connectivity index (χ1n) is 16.5. The molecule has 8 aromatic carbocycles. The normalized spacial score (nSPS) is 11.3. The van der Waals surface area contributed by atoms with Gasteiger partial charge in [-0.2, -0.15) is 0 Å². The van der Waals surface area contributed by atoms with Crippen molar-refractivity contribution in [2.75, 3.05) is 0 Å². The number of hydrogen-bond donors (Lipinski definition) is 0. The van der Waals surface area contributed by atoms with Gasteiger partial charge in [-0.3, -0.25) is 4.98 Å². The minimum atomic E-state index is 0.976. The van der Waals surface area contributed by atoms with E-state index < -0.39 is 0 Å². The summed E-state index contributed by atoms with van der Waals surface area (Å²) in [6, 6.07) is 65.4. The van der Waals surface area contributed by atoms with Gasteiger partial charge >= 0.3 is 0 Å². The molecule has 0 spiro atoms. The van der Waals surface area contributed by atoms with Crippen LogP contribution in [0.4, 0.5) is 0 Å². The molecule has 0 aliphatic rings. The summed E-state index contributed by atoms with van der Waals surface area (Å²) in [7, 11) is 0. The molecule has 0 aliphatic heterocycles. The van der Waals surface area contributed by atoms with Crippen LogP contribution in [0.3, 0.4) is 0 Å². The number of aromatic nitrogens is 1. The second kappa shape index (κ2) is 11.8. The lowest BCUT2D eigenvalue weighted by molar-refractivity contribution is 1.33. The van der Waals surface area contributed by atoms with Crippen molar-refractivity contribution in [3.8, 4) is 55.8 Å². The molecule has 0 unspecified atom stereocenters. The molecule has 48 heavy (non-hydrogen) atoms. The molecule has 9 rings (SSSR count). The van der Waals surface area contributed by atoms with Crippen molar-refractivity contribution in [3.63, 3.8) is 0 Å². The Morgan fingerprint density at radius 3 is 1.23 bits per heavy atom. The molecule has 0 aliphatic carbocycles. The fourth-order valence-corrected chi connectivity index (χ4v) is 7.13. The van der Waals surface area contributed by atoms with E-state index in [1.165, 1.54) is 71.3 Å². The fourth-order valence-electron chi connectivity index (χ4n) is 7.13. The highest BCUT2D eigenvalue weighted by Crippen LogP contribution is 2.44. The second-order valence-corrected chi connectivity index (χ2v) is 12.4. The van der Waals surface area contributed by atoms with Gasteiger partial charge in [0, 0.05) is 17.3 Å². The first-order valence-corrected chi connectivity index (χ1v) is 16.5. The van der Waals surface area contributed by atoms with E-state index in [4.69, 9.17) is 4.98 Å². The van der Waals surface area contributed by atoms with Gasteiger partial charge < -0.3 is 0 Å². The summed E-state index contributed by atoms with van der Waals surface area (Å²) in [5, 5.41) is 7.40. The largest absolute Gasteiger partial charge is 0.256 e. The first kappa shape index (κ1) is 28.0. The van der Waals surface area contributed by atoms with E-state index in [-0.39, 0.29) is 0 Å². The van der Waals surface area contributed by atoms with E-state index in [1.54, 1.807) is 0 Å². The van der Waals surface area contributed by atoms with Gasteiger partial charge in [0.05, 0.1) is 5.69 Å². The van der Waals surface area contributed by atoms with Crippen LogP contribution in [0, 0.1) is 0 Å². The molecular weight excluding hydrogens is 579 g/mol.